The Labute approximate surface area is 144 Å². The van der Waals surface area contributed by atoms with Crippen LogP contribution in [0.25, 0.3) is 0 Å². The summed E-state index contributed by atoms with van der Waals surface area (Å²) in [5.74, 6) is 1.20. The number of ether oxygens (including phenoxy) is 1. The zero-order valence-corrected chi connectivity index (χ0v) is 13.7. The molecule has 0 unspecified atom stereocenters. The van der Waals surface area contributed by atoms with Gasteiger partial charge >= 0.3 is 6.03 Å². The first-order valence-corrected chi connectivity index (χ1v) is 8.42. The summed E-state index contributed by atoms with van der Waals surface area (Å²) in [7, 11) is 0. The summed E-state index contributed by atoms with van der Waals surface area (Å²) in [6, 6.07) is 6.21. The summed E-state index contributed by atoms with van der Waals surface area (Å²) in [5.41, 5.74) is 0.464. The fraction of sp³-hybridized carbons (Fsp3) is 0.471. The average Bonchev–Trinajstić information content (AvgIpc) is 3.38. The number of urea groups is 1. The Morgan fingerprint density at radius 1 is 1.36 bits per heavy atom. The van der Waals surface area contributed by atoms with E-state index >= 15 is 0 Å². The Morgan fingerprint density at radius 3 is 3.00 bits per heavy atom. The van der Waals surface area contributed by atoms with Gasteiger partial charge in [0.2, 0.25) is 5.89 Å². The van der Waals surface area contributed by atoms with Crippen LogP contribution in [-0.2, 0) is 11.3 Å². The quantitative estimate of drug-likeness (QED) is 0.919. The van der Waals surface area contributed by atoms with E-state index in [0.29, 0.717) is 37.1 Å². The van der Waals surface area contributed by atoms with Gasteiger partial charge in [-0.2, -0.15) is 4.98 Å². The molecule has 2 aliphatic rings. The van der Waals surface area contributed by atoms with Crippen molar-refractivity contribution < 1.29 is 18.4 Å². The number of hydrogen-bond acceptors (Lipinski definition) is 5. The monoisotopic (exact) mass is 346 g/mol. The molecule has 1 aliphatic carbocycles. The number of nitrogens with one attached hydrogen (secondary N) is 1. The second kappa shape index (κ2) is 6.79. The smallest absolute Gasteiger partial charge is 0.318 e. The van der Waals surface area contributed by atoms with Crippen molar-refractivity contribution in [2.24, 2.45) is 0 Å². The molecule has 1 atom stereocenters. The van der Waals surface area contributed by atoms with E-state index in [1.54, 1.807) is 23.1 Å². The van der Waals surface area contributed by atoms with Gasteiger partial charge in [0.05, 0.1) is 19.7 Å². The molecule has 1 aromatic heterocycles. The van der Waals surface area contributed by atoms with Gasteiger partial charge in [-0.1, -0.05) is 23.4 Å². The number of amides is 2. The van der Waals surface area contributed by atoms with E-state index in [4.69, 9.17) is 9.26 Å². The van der Waals surface area contributed by atoms with Crippen molar-refractivity contribution in [3.63, 3.8) is 0 Å². The number of nitrogens with zero attached hydrogens (tertiary/aromatic N) is 3. The number of aromatic nitrogens is 2. The van der Waals surface area contributed by atoms with Crippen molar-refractivity contribution in [1.82, 2.24) is 20.4 Å². The minimum Gasteiger partial charge on any atom is -0.370 e. The van der Waals surface area contributed by atoms with E-state index in [9.17, 15) is 9.18 Å². The fourth-order valence-corrected chi connectivity index (χ4v) is 2.87. The lowest BCUT2D eigenvalue weighted by atomic mass is 10.1. The highest BCUT2D eigenvalue weighted by Gasteiger charge is 2.29. The fourth-order valence-electron chi connectivity index (χ4n) is 2.87. The lowest BCUT2D eigenvalue weighted by molar-refractivity contribution is -0.0172. The van der Waals surface area contributed by atoms with Gasteiger partial charge < -0.3 is 19.5 Å². The molecule has 132 valence electrons. The van der Waals surface area contributed by atoms with Crippen molar-refractivity contribution in [2.45, 2.75) is 31.4 Å². The van der Waals surface area contributed by atoms with Gasteiger partial charge in [-0.3, -0.25) is 0 Å². The van der Waals surface area contributed by atoms with E-state index in [0.717, 1.165) is 18.7 Å². The van der Waals surface area contributed by atoms with Gasteiger partial charge in [-0.05, 0) is 18.9 Å². The predicted octanol–water partition coefficient (Wildman–Crippen LogP) is 2.37. The molecule has 2 amide bonds. The van der Waals surface area contributed by atoms with Crippen LogP contribution in [0.3, 0.4) is 0 Å². The molecule has 2 aromatic rings. The number of carbonyl (C=O) groups is 1. The van der Waals surface area contributed by atoms with Crippen molar-refractivity contribution in [1.29, 1.82) is 0 Å². The molecule has 1 saturated carbocycles. The molecule has 1 aliphatic heterocycles. The van der Waals surface area contributed by atoms with E-state index in [1.807, 2.05) is 0 Å². The molecule has 0 spiro atoms. The van der Waals surface area contributed by atoms with Crippen LogP contribution < -0.4 is 5.32 Å². The van der Waals surface area contributed by atoms with Crippen LogP contribution in [0.5, 0.6) is 0 Å². The Morgan fingerprint density at radius 2 is 2.20 bits per heavy atom. The number of benzene rings is 1. The van der Waals surface area contributed by atoms with Crippen LogP contribution in [-0.4, -0.2) is 40.8 Å². The van der Waals surface area contributed by atoms with Crippen LogP contribution in [0.15, 0.2) is 28.8 Å². The molecular formula is C17H19FN4O3. The van der Waals surface area contributed by atoms with E-state index in [1.165, 1.54) is 6.07 Å². The molecule has 1 saturated heterocycles. The zero-order chi connectivity index (χ0) is 17.2. The van der Waals surface area contributed by atoms with Crippen LogP contribution in [0.4, 0.5) is 9.18 Å². The van der Waals surface area contributed by atoms with Crippen molar-refractivity contribution in [3.8, 4) is 0 Å². The Hall–Kier alpha value is -2.48. The Bertz CT molecular complexity index is 762. The SMILES string of the molecule is O=C(NCc1nc(C2CC2)no1)N1CCO[C@@H](c2ccccc2F)C1. The number of rotatable bonds is 4. The summed E-state index contributed by atoms with van der Waals surface area (Å²) in [5, 5.41) is 6.69. The van der Waals surface area contributed by atoms with Crippen LogP contribution in [0.1, 0.15) is 42.1 Å². The number of morpholine rings is 1. The molecule has 4 rings (SSSR count). The third-order valence-electron chi connectivity index (χ3n) is 4.42. The first-order chi connectivity index (χ1) is 12.2. The summed E-state index contributed by atoms with van der Waals surface area (Å²) < 4.78 is 24.7. The maximum absolute atomic E-state index is 13.9. The molecular weight excluding hydrogens is 327 g/mol. The van der Waals surface area contributed by atoms with Gasteiger partial charge in [0.15, 0.2) is 5.82 Å². The molecule has 8 heteroatoms. The summed E-state index contributed by atoms with van der Waals surface area (Å²) >= 11 is 0. The first kappa shape index (κ1) is 16.0. The third-order valence-corrected chi connectivity index (χ3v) is 4.42. The highest BCUT2D eigenvalue weighted by Crippen LogP contribution is 2.38. The molecule has 0 bridgehead atoms. The van der Waals surface area contributed by atoms with Gasteiger partial charge in [-0.15, -0.1) is 0 Å². The minimum atomic E-state index is -0.467. The predicted molar refractivity (Wildman–Crippen MR) is 85.2 cm³/mol. The van der Waals surface area contributed by atoms with E-state index < -0.39 is 6.10 Å². The average molecular weight is 346 g/mol. The lowest BCUT2D eigenvalue weighted by Crippen LogP contribution is -2.47. The summed E-state index contributed by atoms with van der Waals surface area (Å²) in [6.45, 7) is 1.29. The molecule has 1 N–H and O–H groups in total. The van der Waals surface area contributed by atoms with Gasteiger partial charge in [0.1, 0.15) is 11.9 Å². The van der Waals surface area contributed by atoms with E-state index in [-0.39, 0.29) is 18.4 Å². The molecule has 2 heterocycles. The van der Waals surface area contributed by atoms with Gasteiger partial charge in [0, 0.05) is 18.0 Å². The number of hydrogen-bond donors (Lipinski definition) is 1. The maximum Gasteiger partial charge on any atom is 0.318 e. The maximum atomic E-state index is 13.9. The molecule has 25 heavy (non-hydrogen) atoms. The highest BCUT2D eigenvalue weighted by molar-refractivity contribution is 5.74. The van der Waals surface area contributed by atoms with Crippen molar-refractivity contribution in [3.05, 3.63) is 47.4 Å². The Kier molecular flexibility index (Phi) is 4.35. The minimum absolute atomic E-state index is 0.181. The Balaban J connectivity index is 1.34. The van der Waals surface area contributed by atoms with Crippen LogP contribution >= 0.6 is 0 Å². The van der Waals surface area contributed by atoms with E-state index in [2.05, 4.69) is 15.5 Å². The first-order valence-electron chi connectivity index (χ1n) is 8.42. The zero-order valence-electron chi connectivity index (χ0n) is 13.7. The van der Waals surface area contributed by atoms with Gasteiger partial charge in [0.25, 0.3) is 0 Å². The summed E-state index contributed by atoms with van der Waals surface area (Å²) in [4.78, 5) is 18.2. The second-order valence-electron chi connectivity index (χ2n) is 6.31. The van der Waals surface area contributed by atoms with Gasteiger partial charge in [-0.25, -0.2) is 9.18 Å². The van der Waals surface area contributed by atoms with Crippen LogP contribution in [0.2, 0.25) is 0 Å². The largest absolute Gasteiger partial charge is 0.370 e. The van der Waals surface area contributed by atoms with Crippen molar-refractivity contribution in [2.75, 3.05) is 19.7 Å². The number of carbonyl (C=O) groups excluding carboxylic acids is 1. The topological polar surface area (TPSA) is 80.5 Å². The molecule has 2 fully saturated rings. The summed E-state index contributed by atoms with van der Waals surface area (Å²) in [6.07, 6.45) is 1.72. The normalized spacial score (nSPS) is 20.5. The number of halogens is 1. The second-order valence-corrected chi connectivity index (χ2v) is 6.31. The molecule has 1 aromatic carbocycles. The lowest BCUT2D eigenvalue weighted by Gasteiger charge is -2.33. The molecule has 7 nitrogen and oxygen atoms in total. The standard InChI is InChI=1S/C17H19FN4O3/c18-13-4-2-1-3-12(13)14-10-22(7-8-24-14)17(23)19-9-15-20-16(21-25-15)11-5-6-11/h1-4,11,14H,5-10H2,(H,19,23)/t14-/m1/s1. The molecule has 0 radical (unpaired) electrons. The van der Waals surface area contributed by atoms with Crippen LogP contribution in [0, 0.1) is 5.82 Å². The highest BCUT2D eigenvalue weighted by atomic mass is 19.1. The van der Waals surface area contributed by atoms with Crippen molar-refractivity contribution >= 4 is 6.03 Å². The third kappa shape index (κ3) is 3.63.